The number of ether oxygens (including phenoxy) is 2. The molecule has 1 radical (unpaired) electrons. The summed E-state index contributed by atoms with van der Waals surface area (Å²) in [6, 6.07) is 0. The molecule has 0 aliphatic rings. The molecule has 0 spiro atoms. The molecule has 10 heavy (non-hydrogen) atoms. The summed E-state index contributed by atoms with van der Waals surface area (Å²) >= 11 is 0. The molecule has 0 saturated heterocycles. The molecule has 0 N–H and O–H groups in total. The molecule has 1 atom stereocenters. The van der Waals surface area contributed by atoms with Crippen molar-refractivity contribution in [3.05, 3.63) is 6.61 Å². The standard InChI is InChI=1S/C8H17O2/c1-4-6-7-10-8(3)9-5-2/h7-8H,4-6H2,1-3H3. The molecule has 0 aliphatic heterocycles. The molecule has 0 aromatic carbocycles. The van der Waals surface area contributed by atoms with Crippen LogP contribution in [0.15, 0.2) is 0 Å². The molecule has 2 nitrogen and oxygen atoms in total. The Balaban J connectivity index is 2.97. The average Bonchev–Trinajstić information content (AvgIpc) is 1.89. The minimum atomic E-state index is -0.0865. The highest BCUT2D eigenvalue weighted by molar-refractivity contribution is 4.48. The molecule has 0 heterocycles. The van der Waals surface area contributed by atoms with Gasteiger partial charge in [0.05, 0.1) is 6.61 Å². The van der Waals surface area contributed by atoms with E-state index in [1.165, 1.54) is 0 Å². The number of rotatable bonds is 6. The Kier molecular flexibility index (Phi) is 6.98. The molecular weight excluding hydrogens is 128 g/mol. The highest BCUT2D eigenvalue weighted by Gasteiger charge is 1.98. The molecule has 1 unspecified atom stereocenters. The van der Waals surface area contributed by atoms with Crippen LogP contribution in [-0.2, 0) is 9.47 Å². The van der Waals surface area contributed by atoms with Crippen LogP contribution < -0.4 is 0 Å². The second kappa shape index (κ2) is 7.03. The molecule has 0 bridgehead atoms. The second-order valence-corrected chi connectivity index (χ2v) is 2.11. The van der Waals surface area contributed by atoms with Gasteiger partial charge in [-0.05, 0) is 20.3 Å². The topological polar surface area (TPSA) is 18.5 Å². The average molecular weight is 145 g/mol. The third-order valence-corrected chi connectivity index (χ3v) is 1.10. The molecule has 0 rings (SSSR count). The van der Waals surface area contributed by atoms with Gasteiger partial charge in [0.15, 0.2) is 6.29 Å². The van der Waals surface area contributed by atoms with Gasteiger partial charge in [0.2, 0.25) is 0 Å². The van der Waals surface area contributed by atoms with Crippen molar-refractivity contribution in [2.24, 2.45) is 0 Å². The lowest BCUT2D eigenvalue weighted by Gasteiger charge is -2.10. The van der Waals surface area contributed by atoms with Crippen molar-refractivity contribution < 1.29 is 9.47 Å². The fraction of sp³-hybridized carbons (Fsp3) is 0.875. The molecule has 2 heteroatoms. The van der Waals surface area contributed by atoms with Crippen LogP contribution in [0.3, 0.4) is 0 Å². The van der Waals surface area contributed by atoms with Crippen LogP contribution in [0.5, 0.6) is 0 Å². The minimum Gasteiger partial charge on any atom is -0.353 e. The second-order valence-electron chi connectivity index (χ2n) is 2.11. The van der Waals surface area contributed by atoms with Gasteiger partial charge in [-0.15, -0.1) is 0 Å². The van der Waals surface area contributed by atoms with Crippen molar-refractivity contribution in [2.45, 2.75) is 39.9 Å². The summed E-state index contributed by atoms with van der Waals surface area (Å²) in [6.07, 6.45) is 2.03. The quantitative estimate of drug-likeness (QED) is 0.422. The van der Waals surface area contributed by atoms with Gasteiger partial charge in [0.1, 0.15) is 0 Å². The zero-order chi connectivity index (χ0) is 7.82. The molecule has 61 valence electrons. The van der Waals surface area contributed by atoms with Gasteiger partial charge >= 0.3 is 0 Å². The van der Waals surface area contributed by atoms with E-state index in [0.29, 0.717) is 6.61 Å². The maximum Gasteiger partial charge on any atom is 0.155 e. The first kappa shape index (κ1) is 9.92. The summed E-state index contributed by atoms with van der Waals surface area (Å²) in [5.74, 6) is 0. The molecule has 0 fully saturated rings. The summed E-state index contributed by atoms with van der Waals surface area (Å²) in [5.41, 5.74) is 0. The van der Waals surface area contributed by atoms with Crippen LogP contribution in [0.2, 0.25) is 0 Å². The van der Waals surface area contributed by atoms with E-state index in [2.05, 4.69) is 6.92 Å². The normalized spacial score (nSPS) is 13.5. The van der Waals surface area contributed by atoms with Crippen LogP contribution in [0.1, 0.15) is 33.6 Å². The van der Waals surface area contributed by atoms with Crippen molar-refractivity contribution in [1.82, 2.24) is 0 Å². The van der Waals surface area contributed by atoms with Crippen LogP contribution in [-0.4, -0.2) is 12.9 Å². The van der Waals surface area contributed by atoms with Crippen molar-refractivity contribution in [1.29, 1.82) is 0 Å². The zero-order valence-corrected chi connectivity index (χ0v) is 7.09. The van der Waals surface area contributed by atoms with Crippen molar-refractivity contribution in [3.8, 4) is 0 Å². The van der Waals surface area contributed by atoms with E-state index in [9.17, 15) is 0 Å². The van der Waals surface area contributed by atoms with Gasteiger partial charge in [-0.25, -0.2) is 0 Å². The van der Waals surface area contributed by atoms with Gasteiger partial charge in [-0.3, -0.25) is 0 Å². The molecule has 0 aromatic rings. The van der Waals surface area contributed by atoms with Gasteiger partial charge in [-0.2, -0.15) is 0 Å². The summed E-state index contributed by atoms with van der Waals surface area (Å²) in [5, 5.41) is 0. The Hall–Kier alpha value is -0.0800. The van der Waals surface area contributed by atoms with E-state index >= 15 is 0 Å². The van der Waals surface area contributed by atoms with Gasteiger partial charge in [0.25, 0.3) is 0 Å². The predicted molar refractivity (Wildman–Crippen MR) is 41.4 cm³/mol. The number of hydrogen-bond acceptors (Lipinski definition) is 2. The van der Waals surface area contributed by atoms with Crippen molar-refractivity contribution in [2.75, 3.05) is 6.61 Å². The SMILES string of the molecule is CCC[CH]OC(C)OCC. The van der Waals surface area contributed by atoms with E-state index in [1.54, 1.807) is 6.61 Å². The fourth-order valence-electron chi connectivity index (χ4n) is 0.595. The monoisotopic (exact) mass is 145 g/mol. The van der Waals surface area contributed by atoms with Crippen LogP contribution in [0.25, 0.3) is 0 Å². The third kappa shape index (κ3) is 6.05. The Morgan fingerprint density at radius 3 is 2.60 bits per heavy atom. The van der Waals surface area contributed by atoms with Crippen molar-refractivity contribution >= 4 is 0 Å². The maximum atomic E-state index is 5.18. The smallest absolute Gasteiger partial charge is 0.155 e. The summed E-state index contributed by atoms with van der Waals surface area (Å²) < 4.78 is 10.3. The predicted octanol–water partition coefficient (Wildman–Crippen LogP) is 2.35. The number of unbranched alkanes of at least 4 members (excludes halogenated alkanes) is 1. The Morgan fingerprint density at radius 2 is 2.10 bits per heavy atom. The molecule has 0 amide bonds. The number of hydrogen-bond donors (Lipinski definition) is 0. The summed E-state index contributed by atoms with van der Waals surface area (Å²) in [7, 11) is 0. The zero-order valence-electron chi connectivity index (χ0n) is 7.09. The molecular formula is C8H17O2. The largest absolute Gasteiger partial charge is 0.353 e. The molecule has 0 aromatic heterocycles. The van der Waals surface area contributed by atoms with Crippen LogP contribution in [0.4, 0.5) is 0 Å². The van der Waals surface area contributed by atoms with Gasteiger partial charge in [0, 0.05) is 6.61 Å². The lowest BCUT2D eigenvalue weighted by molar-refractivity contribution is -0.105. The van der Waals surface area contributed by atoms with E-state index < -0.39 is 0 Å². The summed E-state index contributed by atoms with van der Waals surface area (Å²) in [6.45, 7) is 8.49. The Labute approximate surface area is 63.5 Å². The fourth-order valence-corrected chi connectivity index (χ4v) is 0.595. The first-order chi connectivity index (χ1) is 4.81. The minimum absolute atomic E-state index is 0.0865. The van der Waals surface area contributed by atoms with E-state index in [0.717, 1.165) is 12.8 Å². The highest BCUT2D eigenvalue weighted by atomic mass is 16.7. The first-order valence-corrected chi connectivity index (χ1v) is 3.90. The molecule has 0 saturated carbocycles. The lowest BCUT2D eigenvalue weighted by Crippen LogP contribution is -2.10. The van der Waals surface area contributed by atoms with Gasteiger partial charge < -0.3 is 9.47 Å². The van der Waals surface area contributed by atoms with Crippen LogP contribution in [0, 0.1) is 6.61 Å². The van der Waals surface area contributed by atoms with Crippen molar-refractivity contribution in [3.63, 3.8) is 0 Å². The maximum absolute atomic E-state index is 5.18. The Bertz CT molecular complexity index is 64.3. The first-order valence-electron chi connectivity index (χ1n) is 3.90. The lowest BCUT2D eigenvalue weighted by atomic mass is 10.4. The highest BCUT2D eigenvalue weighted by Crippen LogP contribution is 2.00. The third-order valence-electron chi connectivity index (χ3n) is 1.10. The van der Waals surface area contributed by atoms with E-state index in [4.69, 9.17) is 9.47 Å². The van der Waals surface area contributed by atoms with Crippen LogP contribution >= 0.6 is 0 Å². The van der Waals surface area contributed by atoms with Gasteiger partial charge in [-0.1, -0.05) is 13.3 Å². The molecule has 0 aliphatic carbocycles. The summed E-state index contributed by atoms with van der Waals surface area (Å²) in [4.78, 5) is 0. The van der Waals surface area contributed by atoms with E-state index in [1.807, 2.05) is 13.8 Å². The van der Waals surface area contributed by atoms with E-state index in [-0.39, 0.29) is 6.29 Å². The Morgan fingerprint density at radius 1 is 1.40 bits per heavy atom.